The molecule has 0 aromatic carbocycles. The molecule has 2 heterocycles. The Morgan fingerprint density at radius 2 is 1.94 bits per heavy atom. The number of aliphatic hydroxyl groups is 1. The van der Waals surface area contributed by atoms with Crippen molar-refractivity contribution in [2.75, 3.05) is 13.2 Å². The van der Waals surface area contributed by atoms with Gasteiger partial charge in [0, 0.05) is 12.5 Å². The standard InChI is InChI=1S/C25H44O6/c1-17(11-10-12-18(2)26)22(30-21-13-8-9-15-28-21)19(3)23(27)24(4,5)20-14-16-29-25(6,7)31-20/h11,18-22,26H,8-10,12-16H2,1-7H3/b17-11+/t18?,19-,20+,21?,22?/m1/s1. The third-order valence-electron chi connectivity index (χ3n) is 6.50. The Kier molecular flexibility index (Phi) is 9.71. The van der Waals surface area contributed by atoms with Gasteiger partial charge in [-0.3, -0.25) is 4.79 Å². The molecule has 2 rings (SSSR count). The van der Waals surface area contributed by atoms with E-state index in [9.17, 15) is 9.90 Å². The molecule has 0 aliphatic carbocycles. The third kappa shape index (κ3) is 7.64. The van der Waals surface area contributed by atoms with Crippen molar-refractivity contribution in [2.45, 2.75) is 117 Å². The first-order valence-electron chi connectivity index (χ1n) is 11.9. The normalized spacial score (nSPS) is 28.1. The lowest BCUT2D eigenvalue weighted by Crippen LogP contribution is -2.51. The van der Waals surface area contributed by atoms with E-state index >= 15 is 0 Å². The van der Waals surface area contributed by atoms with Crippen LogP contribution in [-0.2, 0) is 23.7 Å². The number of carbonyl (C=O) groups is 1. The van der Waals surface area contributed by atoms with E-state index in [2.05, 4.69) is 6.08 Å². The molecule has 2 saturated heterocycles. The van der Waals surface area contributed by atoms with Gasteiger partial charge in [0.2, 0.25) is 0 Å². The van der Waals surface area contributed by atoms with Crippen LogP contribution in [0.1, 0.15) is 87.0 Å². The lowest BCUT2D eigenvalue weighted by molar-refractivity contribution is -0.289. The molecule has 3 unspecified atom stereocenters. The van der Waals surface area contributed by atoms with Gasteiger partial charge in [-0.05, 0) is 71.8 Å². The van der Waals surface area contributed by atoms with E-state index in [1.54, 1.807) is 6.92 Å². The molecule has 31 heavy (non-hydrogen) atoms. The van der Waals surface area contributed by atoms with E-state index in [1.165, 1.54) is 0 Å². The molecule has 0 saturated carbocycles. The Morgan fingerprint density at radius 1 is 1.23 bits per heavy atom. The fourth-order valence-electron chi connectivity index (χ4n) is 4.51. The topological polar surface area (TPSA) is 74.2 Å². The van der Waals surface area contributed by atoms with Crippen molar-refractivity contribution in [3.63, 3.8) is 0 Å². The van der Waals surface area contributed by atoms with Crippen LogP contribution in [0.25, 0.3) is 0 Å². The second-order valence-corrected chi connectivity index (χ2v) is 10.2. The highest BCUT2D eigenvalue weighted by Crippen LogP contribution is 2.38. The molecule has 6 heteroatoms. The highest BCUT2D eigenvalue weighted by Gasteiger charge is 2.46. The molecule has 180 valence electrons. The maximum Gasteiger partial charge on any atom is 0.163 e. The number of allylic oxidation sites excluding steroid dienone is 1. The fourth-order valence-corrected chi connectivity index (χ4v) is 4.51. The number of hydrogen-bond acceptors (Lipinski definition) is 6. The van der Waals surface area contributed by atoms with Crippen LogP contribution in [0.2, 0.25) is 0 Å². The maximum atomic E-state index is 13.7. The van der Waals surface area contributed by atoms with Crippen LogP contribution in [-0.4, -0.2) is 54.5 Å². The second kappa shape index (κ2) is 11.4. The predicted octanol–water partition coefficient (Wildman–Crippen LogP) is 4.78. The van der Waals surface area contributed by atoms with Crippen LogP contribution in [0.4, 0.5) is 0 Å². The van der Waals surface area contributed by atoms with Crippen molar-refractivity contribution in [2.24, 2.45) is 11.3 Å². The molecule has 2 fully saturated rings. The van der Waals surface area contributed by atoms with Crippen molar-refractivity contribution in [3.8, 4) is 0 Å². The molecule has 6 nitrogen and oxygen atoms in total. The minimum atomic E-state index is -0.688. The average Bonchev–Trinajstić information content (AvgIpc) is 2.70. The number of Topliss-reactive ketones (excluding diaryl/α,β-unsaturated/α-hetero) is 1. The zero-order valence-electron chi connectivity index (χ0n) is 20.6. The quantitative estimate of drug-likeness (QED) is 0.493. The first-order chi connectivity index (χ1) is 14.4. The van der Waals surface area contributed by atoms with Crippen LogP contribution in [0, 0.1) is 11.3 Å². The number of ether oxygens (including phenoxy) is 4. The van der Waals surface area contributed by atoms with Gasteiger partial charge >= 0.3 is 0 Å². The Labute approximate surface area is 188 Å². The first-order valence-corrected chi connectivity index (χ1v) is 11.9. The molecular formula is C25H44O6. The molecule has 0 radical (unpaired) electrons. The summed E-state index contributed by atoms with van der Waals surface area (Å²) in [5.74, 6) is -0.913. The number of hydrogen-bond donors (Lipinski definition) is 1. The smallest absolute Gasteiger partial charge is 0.163 e. The Morgan fingerprint density at radius 3 is 2.52 bits per heavy atom. The minimum absolute atomic E-state index is 0.124. The van der Waals surface area contributed by atoms with Gasteiger partial charge in [-0.15, -0.1) is 0 Å². The molecule has 5 atom stereocenters. The summed E-state index contributed by atoms with van der Waals surface area (Å²) >= 11 is 0. The van der Waals surface area contributed by atoms with Crippen molar-refractivity contribution < 1.29 is 28.8 Å². The molecule has 0 spiro atoms. The number of aliphatic hydroxyl groups excluding tert-OH is 1. The number of carbonyl (C=O) groups excluding carboxylic acids is 1. The lowest BCUT2D eigenvalue weighted by atomic mass is 9.73. The van der Waals surface area contributed by atoms with Gasteiger partial charge in [0.25, 0.3) is 0 Å². The molecule has 1 N–H and O–H groups in total. The van der Waals surface area contributed by atoms with Crippen molar-refractivity contribution >= 4 is 5.78 Å². The zero-order chi connectivity index (χ0) is 23.2. The van der Waals surface area contributed by atoms with E-state index in [4.69, 9.17) is 18.9 Å². The number of rotatable bonds is 10. The summed E-state index contributed by atoms with van der Waals surface area (Å²) in [6.07, 6.45) is 5.97. The molecule has 0 amide bonds. The average molecular weight is 441 g/mol. The van der Waals surface area contributed by atoms with Gasteiger partial charge in [0.05, 0.1) is 30.3 Å². The van der Waals surface area contributed by atoms with Gasteiger partial charge in [0.15, 0.2) is 12.1 Å². The van der Waals surface area contributed by atoms with Crippen LogP contribution in [0.5, 0.6) is 0 Å². The van der Waals surface area contributed by atoms with E-state index in [0.29, 0.717) is 26.1 Å². The van der Waals surface area contributed by atoms with Gasteiger partial charge in [-0.25, -0.2) is 0 Å². The van der Waals surface area contributed by atoms with Crippen molar-refractivity contribution in [3.05, 3.63) is 11.6 Å². The van der Waals surface area contributed by atoms with Crippen LogP contribution >= 0.6 is 0 Å². The molecule has 2 aliphatic heterocycles. The highest BCUT2D eigenvalue weighted by atomic mass is 16.7. The van der Waals surface area contributed by atoms with Crippen LogP contribution in [0.3, 0.4) is 0 Å². The van der Waals surface area contributed by atoms with Gasteiger partial charge in [-0.2, -0.15) is 0 Å². The minimum Gasteiger partial charge on any atom is -0.393 e. The number of ketones is 1. The Hall–Kier alpha value is -0.790. The van der Waals surface area contributed by atoms with Gasteiger partial charge in [-0.1, -0.05) is 26.8 Å². The first kappa shape index (κ1) is 26.5. The monoisotopic (exact) mass is 440 g/mol. The molecule has 0 aromatic rings. The fraction of sp³-hybridized carbons (Fsp3) is 0.880. The van der Waals surface area contributed by atoms with E-state index in [1.807, 2.05) is 41.5 Å². The summed E-state index contributed by atoms with van der Waals surface area (Å²) in [4.78, 5) is 13.7. The summed E-state index contributed by atoms with van der Waals surface area (Å²) in [5.41, 5.74) is 0.342. The highest BCUT2D eigenvalue weighted by molar-refractivity contribution is 5.87. The van der Waals surface area contributed by atoms with Gasteiger partial charge in [0.1, 0.15) is 5.78 Å². The molecule has 0 bridgehead atoms. The summed E-state index contributed by atoms with van der Waals surface area (Å²) in [7, 11) is 0. The largest absolute Gasteiger partial charge is 0.393 e. The molecular weight excluding hydrogens is 396 g/mol. The SMILES string of the molecule is C/C(=C\CCC(C)O)C(OC1CCCCO1)[C@@H](C)C(=O)C(C)(C)[C@@H]1CCOC(C)(C)O1. The Bertz CT molecular complexity index is 603. The maximum absolute atomic E-state index is 13.7. The van der Waals surface area contributed by atoms with Crippen LogP contribution < -0.4 is 0 Å². The van der Waals surface area contributed by atoms with Gasteiger partial charge < -0.3 is 24.1 Å². The Balaban J connectivity index is 2.18. The van der Waals surface area contributed by atoms with E-state index < -0.39 is 11.2 Å². The summed E-state index contributed by atoms with van der Waals surface area (Å²) in [6.45, 7) is 14.8. The van der Waals surface area contributed by atoms with Crippen LogP contribution in [0.15, 0.2) is 11.6 Å². The summed E-state index contributed by atoms with van der Waals surface area (Å²) < 4.78 is 24.0. The summed E-state index contributed by atoms with van der Waals surface area (Å²) in [6, 6.07) is 0. The predicted molar refractivity (Wildman–Crippen MR) is 121 cm³/mol. The third-order valence-corrected chi connectivity index (χ3v) is 6.50. The lowest BCUT2D eigenvalue weighted by Gasteiger charge is -2.44. The summed E-state index contributed by atoms with van der Waals surface area (Å²) in [5, 5.41) is 9.60. The second-order valence-electron chi connectivity index (χ2n) is 10.2. The van der Waals surface area contributed by atoms with Crippen molar-refractivity contribution in [1.82, 2.24) is 0 Å². The molecule has 0 aromatic heterocycles. The van der Waals surface area contributed by atoms with E-state index in [0.717, 1.165) is 31.3 Å². The van der Waals surface area contributed by atoms with E-state index in [-0.39, 0.29) is 36.3 Å². The zero-order valence-corrected chi connectivity index (χ0v) is 20.6. The molecule has 2 aliphatic rings. The van der Waals surface area contributed by atoms with Crippen molar-refractivity contribution in [1.29, 1.82) is 0 Å².